The van der Waals surface area contributed by atoms with Crippen LogP contribution in [-0.2, 0) is 10.8 Å². The molecule has 0 N–H and O–H groups in total. The van der Waals surface area contributed by atoms with Crippen LogP contribution in [0.5, 0.6) is 0 Å². The minimum Gasteiger partial charge on any atom is -0.311 e. The number of benzene rings is 16. The first kappa shape index (κ1) is 67.1. The second-order valence-corrected chi connectivity index (χ2v) is 33.4. The Kier molecular flexibility index (Phi) is 15.8. The van der Waals surface area contributed by atoms with Gasteiger partial charge in [0.2, 0.25) is 6.71 Å². The fourth-order valence-electron chi connectivity index (χ4n) is 18.5. The standard InChI is InChI=1S/C104H79B2N5S/c1-103(2,3)72-56-58-82-83-59-57-73(104(4,5)6)61-93(83)109(92(82)60-72)77-64-97-101-99(65-77)112-98-67-94-86(66-87(98)106(101)85-51-28-32-55-91(85)110(97)89-53-30-26-47-79(89)69-36-15-8-16-37-69)105-84-50-27-31-54-90(84)108(75-44-23-12-24-45-75)95-62-76(107(74-42-21-11-22-43-74)88-52-29-25-46-78(88)68-34-13-7-14-35-68)63-96(100(95)105)111(94)102-80(70-38-17-9-18-39-70)48-33-49-81(102)71-40-19-10-20-41-71/h7-67H,1-6H3. The summed E-state index contributed by atoms with van der Waals surface area (Å²) < 4.78 is 2.61. The quantitative estimate of drug-likeness (QED) is 0.120. The second kappa shape index (κ2) is 26.4. The summed E-state index contributed by atoms with van der Waals surface area (Å²) in [5, 5.41) is 2.49. The number of aromatic nitrogens is 1. The van der Waals surface area contributed by atoms with Crippen LogP contribution in [0.2, 0.25) is 0 Å². The maximum Gasteiger partial charge on any atom is 0.252 e. The van der Waals surface area contributed by atoms with E-state index in [2.05, 4.69) is 436 Å². The average Bonchev–Trinajstić information content (AvgIpc) is 0.710. The van der Waals surface area contributed by atoms with Gasteiger partial charge in [0.25, 0.3) is 6.71 Å². The summed E-state index contributed by atoms with van der Waals surface area (Å²) in [6, 6.07) is 140. The zero-order chi connectivity index (χ0) is 75.1. The molecule has 0 radical (unpaired) electrons. The molecule has 5 nitrogen and oxygen atoms in total. The molecule has 8 heteroatoms. The molecule has 4 aliphatic rings. The van der Waals surface area contributed by atoms with Crippen molar-refractivity contribution < 1.29 is 0 Å². The number of hydrogen-bond donors (Lipinski definition) is 0. The van der Waals surface area contributed by atoms with Crippen LogP contribution < -0.4 is 52.4 Å². The SMILES string of the molecule is CC(C)(C)c1ccc2c3ccc(C(C)(C)C)cc3n(-c3cc4c5c(c3)N(c3ccccc3-c3ccccc3)c3ccccc3B5c3cc5c(cc3S4)N(c3c(-c4ccccc4)cccc3-c3ccccc3)c3cc(N(c4ccccc4)c4ccccc4-c4ccccc4)cc4c3B5c3ccccc3N4c3ccccc3)c2c1. The van der Waals surface area contributed by atoms with Gasteiger partial charge in [0.15, 0.2) is 0 Å². The van der Waals surface area contributed by atoms with Crippen LogP contribution in [0, 0.1) is 0 Å². The summed E-state index contributed by atoms with van der Waals surface area (Å²) in [5.74, 6) is 0. The Labute approximate surface area is 661 Å². The Hall–Kier alpha value is -13.0. The summed E-state index contributed by atoms with van der Waals surface area (Å²) in [5.41, 5.74) is 36.0. The first-order chi connectivity index (χ1) is 54.9. The highest BCUT2D eigenvalue weighted by molar-refractivity contribution is 8.00. The van der Waals surface area contributed by atoms with Crippen LogP contribution in [0.25, 0.3) is 72.0 Å². The van der Waals surface area contributed by atoms with E-state index in [1.165, 1.54) is 98.0 Å². The predicted octanol–water partition coefficient (Wildman–Crippen LogP) is 24.4. The molecule has 0 fully saturated rings. The topological polar surface area (TPSA) is 17.9 Å². The zero-order valence-corrected chi connectivity index (χ0v) is 64.3. The number of para-hydroxylation sites is 7. The van der Waals surface area contributed by atoms with E-state index in [4.69, 9.17) is 0 Å². The van der Waals surface area contributed by atoms with Gasteiger partial charge in [-0.25, -0.2) is 0 Å². The molecule has 16 aromatic carbocycles. The molecule has 4 aliphatic heterocycles. The molecule has 21 rings (SSSR count). The van der Waals surface area contributed by atoms with E-state index in [0.717, 1.165) is 95.9 Å². The highest BCUT2D eigenvalue weighted by Crippen LogP contribution is 2.55. The molecule has 5 heterocycles. The third-order valence-corrected chi connectivity index (χ3v) is 24.8. The summed E-state index contributed by atoms with van der Waals surface area (Å²) in [4.78, 5) is 12.9. The average molecular weight is 1450 g/mol. The normalized spacial score (nSPS) is 13.1. The number of rotatable bonds is 11. The van der Waals surface area contributed by atoms with Crippen LogP contribution >= 0.6 is 11.8 Å². The Bertz CT molecular complexity index is 6460. The van der Waals surface area contributed by atoms with Crippen molar-refractivity contribution in [2.45, 2.75) is 62.2 Å². The van der Waals surface area contributed by atoms with Gasteiger partial charge in [0, 0.05) is 94.0 Å². The third-order valence-electron chi connectivity index (χ3n) is 23.7. The molecular weight excluding hydrogens is 1370 g/mol. The predicted molar refractivity (Wildman–Crippen MR) is 479 cm³/mol. The molecule has 0 aliphatic carbocycles. The van der Waals surface area contributed by atoms with E-state index in [1.54, 1.807) is 0 Å². The Morgan fingerprint density at radius 1 is 0.277 bits per heavy atom. The molecule has 0 atom stereocenters. The molecule has 0 spiro atoms. The van der Waals surface area contributed by atoms with E-state index in [-0.39, 0.29) is 24.3 Å². The zero-order valence-electron chi connectivity index (χ0n) is 63.5. The van der Waals surface area contributed by atoms with Crippen molar-refractivity contribution in [2.24, 2.45) is 0 Å². The Balaban J connectivity index is 0.895. The van der Waals surface area contributed by atoms with E-state index >= 15 is 0 Å². The van der Waals surface area contributed by atoms with E-state index in [0.29, 0.717) is 0 Å². The van der Waals surface area contributed by atoms with Crippen molar-refractivity contribution >= 4 is 148 Å². The van der Waals surface area contributed by atoms with Crippen molar-refractivity contribution in [1.29, 1.82) is 0 Å². The van der Waals surface area contributed by atoms with Gasteiger partial charge in [-0.3, -0.25) is 0 Å². The van der Waals surface area contributed by atoms with Crippen molar-refractivity contribution in [3.63, 3.8) is 0 Å². The smallest absolute Gasteiger partial charge is 0.252 e. The maximum absolute atomic E-state index is 2.72. The Morgan fingerprint density at radius 3 is 1.29 bits per heavy atom. The molecule has 0 amide bonds. The second-order valence-electron chi connectivity index (χ2n) is 32.3. The van der Waals surface area contributed by atoms with Crippen molar-refractivity contribution in [1.82, 2.24) is 4.57 Å². The van der Waals surface area contributed by atoms with Crippen molar-refractivity contribution in [3.8, 4) is 50.2 Å². The lowest BCUT2D eigenvalue weighted by molar-refractivity contribution is 0.591. The van der Waals surface area contributed by atoms with Crippen LogP contribution in [-0.4, -0.2) is 18.0 Å². The third kappa shape index (κ3) is 10.9. The van der Waals surface area contributed by atoms with Crippen LogP contribution in [0.1, 0.15) is 52.7 Å². The fourth-order valence-corrected chi connectivity index (χ4v) is 19.7. The molecule has 0 saturated carbocycles. The van der Waals surface area contributed by atoms with Crippen molar-refractivity contribution in [2.75, 3.05) is 19.6 Å². The van der Waals surface area contributed by atoms with Gasteiger partial charge in [0.05, 0.1) is 33.8 Å². The Morgan fingerprint density at radius 2 is 0.723 bits per heavy atom. The molecule has 0 saturated heterocycles. The van der Waals surface area contributed by atoms with Gasteiger partial charge in [-0.15, -0.1) is 0 Å². The minimum atomic E-state index is -0.231. The first-order valence-electron chi connectivity index (χ1n) is 39.2. The number of hydrogen-bond acceptors (Lipinski definition) is 5. The van der Waals surface area contributed by atoms with Crippen molar-refractivity contribution in [3.05, 3.63) is 381 Å². The van der Waals surface area contributed by atoms with Crippen LogP contribution in [0.3, 0.4) is 0 Å². The lowest BCUT2D eigenvalue weighted by Crippen LogP contribution is -2.64. The monoisotopic (exact) mass is 1450 g/mol. The molecule has 112 heavy (non-hydrogen) atoms. The minimum absolute atomic E-state index is 0.0987. The largest absolute Gasteiger partial charge is 0.311 e. The lowest BCUT2D eigenvalue weighted by atomic mass is 9.31. The summed E-state index contributed by atoms with van der Waals surface area (Å²) in [7, 11) is 0. The van der Waals surface area contributed by atoms with E-state index in [1.807, 2.05) is 11.8 Å². The summed E-state index contributed by atoms with van der Waals surface area (Å²) >= 11 is 1.94. The summed E-state index contributed by atoms with van der Waals surface area (Å²) in [6.07, 6.45) is 0. The van der Waals surface area contributed by atoms with Gasteiger partial charge < -0.3 is 24.2 Å². The lowest BCUT2D eigenvalue weighted by Gasteiger charge is -2.46. The van der Waals surface area contributed by atoms with Crippen LogP contribution in [0.4, 0.5) is 68.2 Å². The van der Waals surface area contributed by atoms with Gasteiger partial charge >= 0.3 is 0 Å². The van der Waals surface area contributed by atoms with Gasteiger partial charge in [0.1, 0.15) is 0 Å². The van der Waals surface area contributed by atoms with Gasteiger partial charge in [-0.05, 0) is 163 Å². The van der Waals surface area contributed by atoms with E-state index < -0.39 is 0 Å². The molecule has 532 valence electrons. The molecular formula is C104H79B2N5S. The first-order valence-corrected chi connectivity index (χ1v) is 40.0. The number of fused-ring (bicyclic) bond motifs is 11. The molecule has 1 aromatic heterocycles. The summed E-state index contributed by atoms with van der Waals surface area (Å²) in [6.45, 7) is 13.6. The maximum atomic E-state index is 2.72. The highest BCUT2D eigenvalue weighted by atomic mass is 32.2. The van der Waals surface area contributed by atoms with Gasteiger partial charge in [-0.2, -0.15) is 0 Å². The number of anilines is 12. The molecule has 17 aromatic rings. The van der Waals surface area contributed by atoms with Crippen LogP contribution in [0.15, 0.2) is 380 Å². The highest BCUT2D eigenvalue weighted by Gasteiger charge is 2.49. The molecule has 0 bridgehead atoms. The van der Waals surface area contributed by atoms with Gasteiger partial charge in [-0.1, -0.05) is 338 Å². The number of nitrogens with zero attached hydrogens (tertiary/aromatic N) is 5. The fraction of sp³-hybridized carbons (Fsp3) is 0.0769. The van der Waals surface area contributed by atoms with E-state index in [9.17, 15) is 0 Å². The molecule has 0 unspecified atom stereocenters.